The van der Waals surface area contributed by atoms with Crippen LogP contribution in [0.25, 0.3) is 11.1 Å². The van der Waals surface area contributed by atoms with E-state index in [2.05, 4.69) is 5.32 Å². The van der Waals surface area contributed by atoms with Crippen LogP contribution in [-0.2, 0) is 11.2 Å². The van der Waals surface area contributed by atoms with Crippen LogP contribution in [0, 0.1) is 0 Å². The molecule has 1 atom stereocenters. The van der Waals surface area contributed by atoms with Gasteiger partial charge in [-0.15, -0.1) is 0 Å². The number of fused-ring (bicyclic) bond motifs is 1. The Hall–Kier alpha value is -3.07. The lowest BCUT2D eigenvalue weighted by Crippen LogP contribution is -2.31. The van der Waals surface area contributed by atoms with Crippen LogP contribution in [0.5, 0.6) is 5.75 Å². The Morgan fingerprint density at radius 3 is 2.42 bits per heavy atom. The zero-order valence-electron chi connectivity index (χ0n) is 13.1. The van der Waals surface area contributed by atoms with Crippen LogP contribution >= 0.6 is 0 Å². The second-order valence-corrected chi connectivity index (χ2v) is 5.82. The lowest BCUT2D eigenvalue weighted by molar-refractivity contribution is -0.122. The molecule has 0 bridgehead atoms. The molecule has 0 saturated heterocycles. The first kappa shape index (κ1) is 14.5. The number of para-hydroxylation sites is 2. The number of amides is 1. The van der Waals surface area contributed by atoms with E-state index in [1.54, 1.807) is 0 Å². The average molecular weight is 315 g/mol. The molecule has 3 aromatic carbocycles. The minimum atomic E-state index is -0.480. The van der Waals surface area contributed by atoms with Gasteiger partial charge in [0, 0.05) is 17.7 Å². The lowest BCUT2D eigenvalue weighted by Gasteiger charge is -2.14. The number of rotatable bonds is 3. The first-order valence-corrected chi connectivity index (χ1v) is 8.01. The topological polar surface area (TPSA) is 38.3 Å². The number of nitrogens with one attached hydrogen (secondary N) is 1. The third kappa shape index (κ3) is 2.76. The van der Waals surface area contributed by atoms with Crippen molar-refractivity contribution in [2.45, 2.75) is 12.5 Å². The van der Waals surface area contributed by atoms with Gasteiger partial charge >= 0.3 is 0 Å². The fraction of sp³-hybridized carbons (Fsp3) is 0.0952. The first-order chi connectivity index (χ1) is 11.8. The summed E-state index contributed by atoms with van der Waals surface area (Å²) >= 11 is 0. The highest BCUT2D eigenvalue weighted by molar-refractivity contribution is 5.98. The Kier molecular flexibility index (Phi) is 3.75. The lowest BCUT2D eigenvalue weighted by atomic mass is 10.0. The molecule has 1 aliphatic heterocycles. The summed E-state index contributed by atoms with van der Waals surface area (Å²) < 4.78 is 5.77. The van der Waals surface area contributed by atoms with Crippen molar-refractivity contribution in [3.8, 4) is 16.9 Å². The monoisotopic (exact) mass is 315 g/mol. The van der Waals surface area contributed by atoms with Gasteiger partial charge in [0.2, 0.25) is 0 Å². The molecule has 0 aliphatic carbocycles. The molecule has 118 valence electrons. The Balaban J connectivity index is 1.56. The third-order valence-corrected chi connectivity index (χ3v) is 4.21. The zero-order chi connectivity index (χ0) is 16.4. The maximum Gasteiger partial charge on any atom is 0.265 e. The van der Waals surface area contributed by atoms with Gasteiger partial charge < -0.3 is 10.1 Å². The summed E-state index contributed by atoms with van der Waals surface area (Å²) in [6.07, 6.45) is 0.126. The average Bonchev–Trinajstić information content (AvgIpc) is 3.07. The molecule has 1 amide bonds. The fourth-order valence-corrected chi connectivity index (χ4v) is 3.00. The van der Waals surface area contributed by atoms with E-state index in [0.717, 1.165) is 28.1 Å². The molecular weight excluding hydrogens is 298 g/mol. The summed E-state index contributed by atoms with van der Waals surface area (Å²) in [4.78, 5) is 12.6. The molecule has 1 N–H and O–H groups in total. The smallest absolute Gasteiger partial charge is 0.265 e. The predicted octanol–water partition coefficient (Wildman–Crippen LogP) is 4.30. The van der Waals surface area contributed by atoms with Crippen molar-refractivity contribution in [3.63, 3.8) is 0 Å². The number of hydrogen-bond acceptors (Lipinski definition) is 2. The molecule has 1 heterocycles. The highest BCUT2D eigenvalue weighted by Crippen LogP contribution is 2.31. The largest absolute Gasteiger partial charge is 0.480 e. The molecule has 4 rings (SSSR count). The minimum Gasteiger partial charge on any atom is -0.480 e. The summed E-state index contributed by atoms with van der Waals surface area (Å²) in [6, 6.07) is 25.6. The van der Waals surface area contributed by atoms with Gasteiger partial charge in [0.1, 0.15) is 5.75 Å². The molecule has 0 saturated carbocycles. The van der Waals surface area contributed by atoms with Crippen LogP contribution in [0.3, 0.4) is 0 Å². The van der Waals surface area contributed by atoms with E-state index in [1.807, 2.05) is 78.9 Å². The fourth-order valence-electron chi connectivity index (χ4n) is 3.00. The summed E-state index contributed by atoms with van der Waals surface area (Å²) in [5.41, 5.74) is 3.95. The van der Waals surface area contributed by atoms with Gasteiger partial charge in [-0.25, -0.2) is 0 Å². The van der Waals surface area contributed by atoms with Crippen LogP contribution in [-0.4, -0.2) is 12.0 Å². The van der Waals surface area contributed by atoms with E-state index in [4.69, 9.17) is 4.74 Å². The number of anilines is 1. The Morgan fingerprint density at radius 1 is 0.875 bits per heavy atom. The van der Waals surface area contributed by atoms with Crippen molar-refractivity contribution in [2.24, 2.45) is 0 Å². The molecule has 24 heavy (non-hydrogen) atoms. The number of ether oxygens (including phenoxy) is 1. The standard InChI is InChI=1S/C21H17NO2/c23-21(20-14-16-10-4-7-13-19(16)24-20)22-18-12-6-5-11-17(18)15-8-2-1-3-9-15/h1-13,20H,14H2,(H,22,23). The van der Waals surface area contributed by atoms with Gasteiger partial charge in [0.25, 0.3) is 5.91 Å². The highest BCUT2D eigenvalue weighted by Gasteiger charge is 2.29. The van der Waals surface area contributed by atoms with Crippen molar-refractivity contribution in [2.75, 3.05) is 5.32 Å². The summed E-state index contributed by atoms with van der Waals surface area (Å²) in [5, 5.41) is 3.02. The van der Waals surface area contributed by atoms with E-state index in [9.17, 15) is 4.79 Å². The van der Waals surface area contributed by atoms with Gasteiger partial charge in [-0.1, -0.05) is 66.7 Å². The van der Waals surface area contributed by atoms with Crippen LogP contribution in [0.1, 0.15) is 5.56 Å². The normalized spacial score (nSPS) is 15.4. The molecule has 3 heteroatoms. The number of benzene rings is 3. The molecule has 3 aromatic rings. The Labute approximate surface area is 140 Å². The summed E-state index contributed by atoms with van der Waals surface area (Å²) in [7, 11) is 0. The van der Waals surface area contributed by atoms with Crippen LogP contribution in [0.4, 0.5) is 5.69 Å². The van der Waals surface area contributed by atoms with Crippen LogP contribution in [0.15, 0.2) is 78.9 Å². The van der Waals surface area contributed by atoms with Gasteiger partial charge in [0.05, 0.1) is 0 Å². The SMILES string of the molecule is O=C(Nc1ccccc1-c1ccccc1)C1Cc2ccccc2O1. The zero-order valence-corrected chi connectivity index (χ0v) is 13.1. The second kappa shape index (κ2) is 6.20. The summed E-state index contributed by atoms with van der Waals surface area (Å²) in [5.74, 6) is 0.684. The van der Waals surface area contributed by atoms with Crippen LogP contribution < -0.4 is 10.1 Å². The highest BCUT2D eigenvalue weighted by atomic mass is 16.5. The van der Waals surface area contributed by atoms with Gasteiger partial charge in [-0.05, 0) is 23.3 Å². The maximum absolute atomic E-state index is 12.6. The van der Waals surface area contributed by atoms with E-state index in [1.165, 1.54) is 0 Å². The van der Waals surface area contributed by atoms with E-state index >= 15 is 0 Å². The number of hydrogen-bond donors (Lipinski definition) is 1. The molecule has 0 spiro atoms. The van der Waals surface area contributed by atoms with E-state index in [-0.39, 0.29) is 5.91 Å². The van der Waals surface area contributed by atoms with Crippen molar-refractivity contribution >= 4 is 11.6 Å². The first-order valence-electron chi connectivity index (χ1n) is 8.01. The molecule has 0 fully saturated rings. The number of carbonyl (C=O) groups is 1. The van der Waals surface area contributed by atoms with Gasteiger partial charge in [0.15, 0.2) is 6.10 Å². The molecule has 0 aromatic heterocycles. The molecule has 1 unspecified atom stereocenters. The Bertz CT molecular complexity index is 849. The Morgan fingerprint density at radius 2 is 1.58 bits per heavy atom. The van der Waals surface area contributed by atoms with Gasteiger partial charge in [-0.3, -0.25) is 4.79 Å². The molecule has 1 aliphatic rings. The second-order valence-electron chi connectivity index (χ2n) is 5.82. The molecule has 3 nitrogen and oxygen atoms in total. The van der Waals surface area contributed by atoms with E-state index in [0.29, 0.717) is 6.42 Å². The summed E-state index contributed by atoms with van der Waals surface area (Å²) in [6.45, 7) is 0. The van der Waals surface area contributed by atoms with Gasteiger partial charge in [-0.2, -0.15) is 0 Å². The third-order valence-electron chi connectivity index (χ3n) is 4.21. The predicted molar refractivity (Wildman–Crippen MR) is 95.1 cm³/mol. The van der Waals surface area contributed by atoms with Crippen molar-refractivity contribution in [3.05, 3.63) is 84.4 Å². The quantitative estimate of drug-likeness (QED) is 0.783. The van der Waals surface area contributed by atoms with E-state index < -0.39 is 6.10 Å². The molecular formula is C21H17NO2. The van der Waals surface area contributed by atoms with Crippen LogP contribution in [0.2, 0.25) is 0 Å². The molecule has 0 radical (unpaired) electrons. The van der Waals surface area contributed by atoms with Crippen molar-refractivity contribution < 1.29 is 9.53 Å². The maximum atomic E-state index is 12.6. The van der Waals surface area contributed by atoms with Crippen molar-refractivity contribution in [1.29, 1.82) is 0 Å². The minimum absolute atomic E-state index is 0.116. The van der Waals surface area contributed by atoms with Crippen molar-refractivity contribution in [1.82, 2.24) is 0 Å². The number of carbonyl (C=O) groups excluding carboxylic acids is 1.